The third kappa shape index (κ3) is 8.87. The van der Waals surface area contributed by atoms with Gasteiger partial charge in [0.25, 0.3) is 0 Å². The molecule has 1 unspecified atom stereocenters. The van der Waals surface area contributed by atoms with Crippen LogP contribution in [0.2, 0.25) is 0 Å². The van der Waals surface area contributed by atoms with Gasteiger partial charge in [0.1, 0.15) is 23.1 Å². The molecule has 0 radical (unpaired) electrons. The smallest absolute Gasteiger partial charge is 0.342 e. The Morgan fingerprint density at radius 2 is 1.30 bits per heavy atom. The van der Waals surface area contributed by atoms with Gasteiger partial charge in [0.2, 0.25) is 0 Å². The average Bonchev–Trinajstić information content (AvgIpc) is 2.82. The normalized spacial score (nSPS) is 14.3. The number of hydrogen-bond donors (Lipinski definition) is 8. The fourth-order valence-corrected chi connectivity index (χ4v) is 5.77. The third-order valence-electron chi connectivity index (χ3n) is 6.27. The predicted molar refractivity (Wildman–Crippen MR) is 137 cm³/mol. The maximum atomic E-state index is 12.3. The van der Waals surface area contributed by atoms with Gasteiger partial charge in [-0.2, -0.15) is 0 Å². The van der Waals surface area contributed by atoms with Gasteiger partial charge in [-0.3, -0.25) is 18.9 Å². The number of benzene rings is 2. The van der Waals surface area contributed by atoms with Gasteiger partial charge in [-0.25, -0.2) is 0 Å². The Labute approximate surface area is 215 Å². The summed E-state index contributed by atoms with van der Waals surface area (Å²) in [6.45, 7) is 2.04. The van der Waals surface area contributed by atoms with Crippen molar-refractivity contribution in [1.29, 1.82) is 0 Å². The van der Waals surface area contributed by atoms with E-state index in [9.17, 15) is 49.1 Å². The van der Waals surface area contributed by atoms with E-state index >= 15 is 0 Å². The minimum absolute atomic E-state index is 0.0494. The lowest BCUT2D eigenvalue weighted by Gasteiger charge is -2.35. The van der Waals surface area contributed by atoms with E-state index in [4.69, 9.17) is 0 Å². The van der Waals surface area contributed by atoms with Crippen LogP contribution < -0.4 is 0 Å². The number of rotatable bonds is 14. The molecule has 0 fully saturated rings. The topological polar surface area (TPSA) is 202 Å². The summed E-state index contributed by atoms with van der Waals surface area (Å²) in [5.41, 5.74) is 1.62. The van der Waals surface area contributed by atoms with Gasteiger partial charge >= 0.3 is 15.2 Å². The van der Waals surface area contributed by atoms with Crippen molar-refractivity contribution in [2.24, 2.45) is 0 Å². The summed E-state index contributed by atoms with van der Waals surface area (Å²) in [4.78, 5) is 42.5. The molecule has 0 spiro atoms. The summed E-state index contributed by atoms with van der Waals surface area (Å²) in [7, 11) is -9.27. The molecule has 12 nitrogen and oxygen atoms in total. The molecule has 0 saturated heterocycles. The minimum atomic E-state index is -4.64. The molecule has 0 aliphatic heterocycles. The van der Waals surface area contributed by atoms with E-state index < -0.39 is 26.8 Å². The highest BCUT2D eigenvalue weighted by Crippen LogP contribution is 2.46. The van der Waals surface area contributed by atoms with Crippen molar-refractivity contribution < 1.29 is 49.1 Å². The van der Waals surface area contributed by atoms with Crippen LogP contribution in [0.5, 0.6) is 11.5 Å². The monoisotopic (exact) mass is 562 g/mol. The molecule has 0 aliphatic rings. The zero-order chi connectivity index (χ0) is 28.0. The number of aliphatic hydroxyl groups is 2. The van der Waals surface area contributed by atoms with Crippen LogP contribution in [-0.2, 0) is 35.4 Å². The zero-order valence-electron chi connectivity index (χ0n) is 20.8. The standard InChI is InChI=1S/C23H36N2O10P2/c1-3-23(37(33,34)35)25(13-20-10-17(14-26)5-7-21(20)28)9-8-24(16(2)36(30,31)32)12-19-6-4-18(15-27)11-22(19)29/h4-7,10-11,16,23,26-29H,3,8-9,12-15H2,1-2H3,(H2,30,31,32)(H2,33,34,35)/t16?,23-/m0/s1. The number of aliphatic hydroxyl groups excluding tert-OH is 2. The maximum Gasteiger partial charge on any atom is 0.342 e. The van der Waals surface area contributed by atoms with Gasteiger partial charge < -0.3 is 40.0 Å². The Morgan fingerprint density at radius 3 is 1.81 bits per heavy atom. The summed E-state index contributed by atoms with van der Waals surface area (Å²) >= 11 is 0. The Bertz CT molecular complexity index is 1140. The van der Waals surface area contributed by atoms with Crippen LogP contribution in [0.1, 0.15) is 42.5 Å². The molecule has 37 heavy (non-hydrogen) atoms. The molecular formula is C23H36N2O10P2. The van der Waals surface area contributed by atoms with E-state index in [0.29, 0.717) is 22.3 Å². The molecule has 208 valence electrons. The first-order valence-corrected chi connectivity index (χ1v) is 15.0. The second kappa shape index (κ2) is 13.3. The molecule has 14 heteroatoms. The van der Waals surface area contributed by atoms with Gasteiger partial charge in [-0.15, -0.1) is 0 Å². The minimum Gasteiger partial charge on any atom is -0.508 e. The van der Waals surface area contributed by atoms with Crippen LogP contribution in [-0.4, -0.2) is 74.5 Å². The van der Waals surface area contributed by atoms with Crippen molar-refractivity contribution in [2.75, 3.05) is 13.1 Å². The lowest BCUT2D eigenvalue weighted by atomic mass is 10.1. The van der Waals surface area contributed by atoms with Crippen molar-refractivity contribution in [3.05, 3.63) is 58.7 Å². The Hall–Kier alpha value is -1.82. The summed E-state index contributed by atoms with van der Waals surface area (Å²) in [5, 5.41) is 39.4. The first kappa shape index (κ1) is 31.4. The number of nitrogens with zero attached hydrogens (tertiary/aromatic N) is 2. The first-order valence-electron chi connectivity index (χ1n) is 11.6. The van der Waals surface area contributed by atoms with Crippen LogP contribution in [0, 0.1) is 0 Å². The second-order valence-electron chi connectivity index (χ2n) is 8.88. The zero-order valence-corrected chi connectivity index (χ0v) is 22.5. The highest BCUT2D eigenvalue weighted by atomic mass is 31.2. The summed E-state index contributed by atoms with van der Waals surface area (Å²) < 4.78 is 24.4. The third-order valence-corrected chi connectivity index (χ3v) is 9.04. The molecular weight excluding hydrogens is 526 g/mol. The molecule has 0 aromatic heterocycles. The van der Waals surface area contributed by atoms with Crippen LogP contribution >= 0.6 is 15.2 Å². The summed E-state index contributed by atoms with van der Waals surface area (Å²) in [5.74, 6) is -2.82. The first-order chi connectivity index (χ1) is 17.2. The van der Waals surface area contributed by atoms with Gasteiger partial charge in [0.15, 0.2) is 0 Å². The fraction of sp³-hybridized carbons (Fsp3) is 0.478. The van der Waals surface area contributed by atoms with E-state index in [-0.39, 0.29) is 57.3 Å². The molecule has 2 atom stereocenters. The van der Waals surface area contributed by atoms with Crippen molar-refractivity contribution in [3.63, 3.8) is 0 Å². The molecule has 2 aromatic carbocycles. The molecule has 2 rings (SSSR count). The van der Waals surface area contributed by atoms with Gasteiger partial charge in [0.05, 0.1) is 13.2 Å². The van der Waals surface area contributed by atoms with Crippen LogP contribution in [0.15, 0.2) is 36.4 Å². The van der Waals surface area contributed by atoms with Crippen molar-refractivity contribution >= 4 is 15.2 Å². The van der Waals surface area contributed by atoms with Crippen molar-refractivity contribution in [3.8, 4) is 11.5 Å². The Morgan fingerprint density at radius 1 is 0.757 bits per heavy atom. The van der Waals surface area contributed by atoms with E-state index in [1.54, 1.807) is 13.0 Å². The molecule has 0 saturated carbocycles. The lowest BCUT2D eigenvalue weighted by Crippen LogP contribution is -2.43. The van der Waals surface area contributed by atoms with E-state index in [1.807, 2.05) is 0 Å². The fourth-order valence-electron chi connectivity index (χ4n) is 4.05. The number of phenolic OH excluding ortho intramolecular Hbond substituents is 2. The highest BCUT2D eigenvalue weighted by Gasteiger charge is 2.35. The average molecular weight is 562 g/mol. The SMILES string of the molecule is CC[C@@H](N(CCN(Cc1ccc(CO)cc1O)C(C)P(=O)(O)O)Cc1cc(CO)ccc1O)P(=O)(O)O. The van der Waals surface area contributed by atoms with Crippen molar-refractivity contribution in [1.82, 2.24) is 9.80 Å². The van der Waals surface area contributed by atoms with Gasteiger partial charge in [-0.05, 0) is 42.7 Å². The summed E-state index contributed by atoms with van der Waals surface area (Å²) in [6, 6.07) is 8.85. The van der Waals surface area contributed by atoms with Crippen LogP contribution in [0.4, 0.5) is 0 Å². The Kier molecular flexibility index (Phi) is 11.3. The molecule has 0 amide bonds. The predicted octanol–water partition coefficient (Wildman–Crippen LogP) is 1.82. The highest BCUT2D eigenvalue weighted by molar-refractivity contribution is 7.52. The van der Waals surface area contributed by atoms with E-state index in [2.05, 4.69) is 0 Å². The number of phenols is 2. The summed E-state index contributed by atoms with van der Waals surface area (Å²) in [6.07, 6.45) is 0.0577. The molecule has 0 aliphatic carbocycles. The molecule has 8 N–H and O–H groups in total. The van der Waals surface area contributed by atoms with Gasteiger partial charge in [-0.1, -0.05) is 25.1 Å². The van der Waals surface area contributed by atoms with Crippen LogP contribution in [0.25, 0.3) is 0 Å². The quantitative estimate of drug-likeness (QED) is 0.155. The van der Waals surface area contributed by atoms with Gasteiger partial charge in [0, 0.05) is 37.3 Å². The van der Waals surface area contributed by atoms with E-state index in [0.717, 1.165) is 0 Å². The van der Waals surface area contributed by atoms with Crippen molar-refractivity contribution in [2.45, 2.75) is 58.1 Å². The molecule has 0 bridgehead atoms. The molecule has 0 heterocycles. The lowest BCUT2D eigenvalue weighted by molar-refractivity contribution is 0.147. The van der Waals surface area contributed by atoms with Crippen LogP contribution in [0.3, 0.4) is 0 Å². The largest absolute Gasteiger partial charge is 0.508 e. The Balaban J connectivity index is 2.40. The number of hydrogen-bond acceptors (Lipinski definition) is 8. The second-order valence-corrected chi connectivity index (χ2v) is 12.6. The van der Waals surface area contributed by atoms with E-state index in [1.165, 1.54) is 47.1 Å². The molecule has 2 aromatic rings. The maximum absolute atomic E-state index is 12.3. The number of aromatic hydroxyl groups is 2.